The summed E-state index contributed by atoms with van der Waals surface area (Å²) in [6, 6.07) is 3.05. The molecule has 1 fully saturated rings. The van der Waals surface area contributed by atoms with Gasteiger partial charge in [0, 0.05) is 18.7 Å². The predicted octanol–water partition coefficient (Wildman–Crippen LogP) is 2.71. The van der Waals surface area contributed by atoms with Crippen molar-refractivity contribution in [3.63, 3.8) is 0 Å². The van der Waals surface area contributed by atoms with Gasteiger partial charge in [-0.1, -0.05) is 23.2 Å². The maximum Gasteiger partial charge on any atom is 0.307 e. The Kier molecular flexibility index (Phi) is 3.77. The Hall–Kier alpha value is -0.850. The summed E-state index contributed by atoms with van der Waals surface area (Å²) in [6.07, 6.45) is -0.363. The number of benzene rings is 1. The van der Waals surface area contributed by atoms with Crippen molar-refractivity contribution < 1.29 is 17.1 Å². The smallest absolute Gasteiger partial charge is 0.307 e. The number of amides is 1. The van der Waals surface area contributed by atoms with Gasteiger partial charge in [0.15, 0.2) is 0 Å². The summed E-state index contributed by atoms with van der Waals surface area (Å²) in [7, 11) is -4.73. The van der Waals surface area contributed by atoms with E-state index in [1.165, 1.54) is 11.0 Å². The highest BCUT2D eigenvalue weighted by atomic mass is 35.5. The highest BCUT2D eigenvalue weighted by Gasteiger charge is 2.39. The third kappa shape index (κ3) is 2.85. The molecule has 0 radical (unpaired) electrons. The number of anilines is 1. The normalized spacial score (nSPS) is 20.1. The molecule has 1 atom stereocenters. The number of hydrogen-bond donors (Lipinski definition) is 0. The Morgan fingerprint density at radius 3 is 2.42 bits per heavy atom. The maximum absolute atomic E-state index is 12.9. The zero-order chi connectivity index (χ0) is 14.4. The van der Waals surface area contributed by atoms with E-state index < -0.39 is 21.4 Å². The van der Waals surface area contributed by atoms with E-state index in [2.05, 4.69) is 0 Å². The van der Waals surface area contributed by atoms with E-state index in [1.54, 1.807) is 13.0 Å². The van der Waals surface area contributed by atoms with Crippen LogP contribution in [0.5, 0.6) is 0 Å². The SMILES string of the molecule is Cc1cc(Cl)c(Cl)cc1N1CC(S(=O)(=O)F)CC1=O. The van der Waals surface area contributed by atoms with Crippen molar-refractivity contribution in [1.29, 1.82) is 0 Å². The summed E-state index contributed by atoms with van der Waals surface area (Å²) >= 11 is 11.7. The Labute approximate surface area is 120 Å². The molecule has 1 aromatic rings. The number of aryl methyl sites for hydroxylation is 1. The number of carbonyl (C=O) groups is 1. The van der Waals surface area contributed by atoms with Gasteiger partial charge in [0.2, 0.25) is 5.91 Å². The van der Waals surface area contributed by atoms with Gasteiger partial charge in [-0.3, -0.25) is 4.79 Å². The van der Waals surface area contributed by atoms with Gasteiger partial charge in [-0.15, -0.1) is 3.89 Å². The molecule has 0 saturated carbocycles. The monoisotopic (exact) mass is 325 g/mol. The lowest BCUT2D eigenvalue weighted by molar-refractivity contribution is -0.117. The van der Waals surface area contributed by atoms with Gasteiger partial charge < -0.3 is 4.90 Å². The Balaban J connectivity index is 2.39. The first-order chi connectivity index (χ1) is 8.70. The third-order valence-corrected chi connectivity index (χ3v) is 4.85. The van der Waals surface area contributed by atoms with Gasteiger partial charge in [0.1, 0.15) is 5.25 Å². The van der Waals surface area contributed by atoms with Crippen LogP contribution in [0.1, 0.15) is 12.0 Å². The van der Waals surface area contributed by atoms with E-state index in [0.29, 0.717) is 16.3 Å². The molecule has 1 unspecified atom stereocenters. The molecule has 2 rings (SSSR count). The average Bonchev–Trinajstić information content (AvgIpc) is 2.65. The largest absolute Gasteiger partial charge is 0.311 e. The van der Waals surface area contributed by atoms with Crippen molar-refractivity contribution in [1.82, 2.24) is 0 Å². The lowest BCUT2D eigenvalue weighted by Gasteiger charge is -2.19. The van der Waals surface area contributed by atoms with E-state index >= 15 is 0 Å². The number of nitrogens with zero attached hydrogens (tertiary/aromatic N) is 1. The van der Waals surface area contributed by atoms with Crippen LogP contribution in [-0.2, 0) is 15.0 Å². The van der Waals surface area contributed by atoms with Crippen LogP contribution in [0.25, 0.3) is 0 Å². The summed E-state index contributed by atoms with van der Waals surface area (Å²) in [5.41, 5.74) is 1.12. The zero-order valence-corrected chi connectivity index (χ0v) is 12.2. The molecule has 1 heterocycles. The first kappa shape index (κ1) is 14.6. The van der Waals surface area contributed by atoms with Crippen molar-refractivity contribution in [2.75, 3.05) is 11.4 Å². The van der Waals surface area contributed by atoms with Crippen LogP contribution in [0.2, 0.25) is 10.0 Å². The molecular formula is C11H10Cl2FNO3S. The fourth-order valence-corrected chi connectivity index (χ4v) is 3.07. The molecule has 0 N–H and O–H groups in total. The van der Waals surface area contributed by atoms with Crippen molar-refractivity contribution >= 4 is 45.0 Å². The van der Waals surface area contributed by atoms with Gasteiger partial charge in [0.25, 0.3) is 0 Å². The minimum absolute atomic E-state index is 0.212. The second-order valence-corrected chi connectivity index (χ2v) is 6.79. The molecule has 0 spiro atoms. The summed E-state index contributed by atoms with van der Waals surface area (Å²) in [5, 5.41) is -0.736. The summed E-state index contributed by atoms with van der Waals surface area (Å²) in [6.45, 7) is 1.50. The van der Waals surface area contributed by atoms with Crippen LogP contribution < -0.4 is 4.90 Å². The Bertz CT molecular complexity index is 648. The Morgan fingerprint density at radius 2 is 1.89 bits per heavy atom. The van der Waals surface area contributed by atoms with Crippen molar-refractivity contribution in [2.24, 2.45) is 0 Å². The van der Waals surface area contributed by atoms with Crippen LogP contribution in [0.4, 0.5) is 9.57 Å². The lowest BCUT2D eigenvalue weighted by Crippen LogP contribution is -2.27. The van der Waals surface area contributed by atoms with Gasteiger partial charge >= 0.3 is 10.2 Å². The molecule has 1 amide bonds. The molecule has 19 heavy (non-hydrogen) atoms. The van der Waals surface area contributed by atoms with Crippen LogP contribution in [-0.4, -0.2) is 26.1 Å². The molecular weight excluding hydrogens is 316 g/mol. The fraction of sp³-hybridized carbons (Fsp3) is 0.364. The molecule has 1 aliphatic rings. The molecule has 104 valence electrons. The summed E-state index contributed by atoms with van der Waals surface area (Å²) in [4.78, 5) is 13.0. The van der Waals surface area contributed by atoms with Gasteiger partial charge in [-0.25, -0.2) is 0 Å². The summed E-state index contributed by atoms with van der Waals surface area (Å²) < 4.78 is 34.7. The highest BCUT2D eigenvalue weighted by Crippen LogP contribution is 2.34. The van der Waals surface area contributed by atoms with Crippen LogP contribution >= 0.6 is 23.2 Å². The van der Waals surface area contributed by atoms with Gasteiger partial charge in [-0.05, 0) is 24.6 Å². The quantitative estimate of drug-likeness (QED) is 0.785. The second kappa shape index (κ2) is 4.92. The fourth-order valence-electron chi connectivity index (χ4n) is 2.02. The second-order valence-electron chi connectivity index (χ2n) is 4.36. The number of halogens is 3. The van der Waals surface area contributed by atoms with E-state index in [-0.39, 0.29) is 18.0 Å². The predicted molar refractivity (Wildman–Crippen MR) is 72.0 cm³/mol. The first-order valence-corrected chi connectivity index (χ1v) is 7.60. The molecule has 8 heteroatoms. The van der Waals surface area contributed by atoms with Gasteiger partial charge in [-0.2, -0.15) is 8.42 Å². The average molecular weight is 326 g/mol. The number of rotatable bonds is 2. The topological polar surface area (TPSA) is 54.5 Å². The molecule has 0 aliphatic carbocycles. The minimum atomic E-state index is -4.73. The molecule has 4 nitrogen and oxygen atoms in total. The standard InChI is InChI=1S/C11H10Cl2FNO3S/c1-6-2-8(12)9(13)4-10(6)15-5-7(3-11(15)16)19(14,17)18/h2,4,7H,3,5H2,1H3. The third-order valence-electron chi connectivity index (χ3n) is 3.02. The van der Waals surface area contributed by atoms with Crippen LogP contribution in [0.3, 0.4) is 0 Å². The number of carbonyl (C=O) groups excluding carboxylic acids is 1. The lowest BCUT2D eigenvalue weighted by atomic mass is 10.2. The van der Waals surface area contributed by atoms with Crippen molar-refractivity contribution in [3.05, 3.63) is 27.7 Å². The maximum atomic E-state index is 12.9. The van der Waals surface area contributed by atoms with Crippen LogP contribution in [0, 0.1) is 6.92 Å². The van der Waals surface area contributed by atoms with E-state index in [4.69, 9.17) is 23.2 Å². The molecule has 0 bridgehead atoms. The van der Waals surface area contributed by atoms with Gasteiger partial charge in [0.05, 0.1) is 10.0 Å². The zero-order valence-electron chi connectivity index (χ0n) is 9.86. The minimum Gasteiger partial charge on any atom is -0.311 e. The molecule has 1 aliphatic heterocycles. The highest BCUT2D eigenvalue weighted by molar-refractivity contribution is 7.87. The Morgan fingerprint density at radius 1 is 1.32 bits per heavy atom. The van der Waals surface area contributed by atoms with Crippen molar-refractivity contribution in [3.8, 4) is 0 Å². The summed E-state index contributed by atoms with van der Waals surface area (Å²) in [5.74, 6) is -0.451. The van der Waals surface area contributed by atoms with Crippen LogP contribution in [0.15, 0.2) is 12.1 Å². The molecule has 1 aromatic carbocycles. The first-order valence-electron chi connectivity index (χ1n) is 5.39. The number of hydrogen-bond acceptors (Lipinski definition) is 3. The van der Waals surface area contributed by atoms with E-state index in [1.807, 2.05) is 0 Å². The van der Waals surface area contributed by atoms with E-state index in [9.17, 15) is 17.1 Å². The van der Waals surface area contributed by atoms with E-state index in [0.717, 1.165) is 0 Å². The van der Waals surface area contributed by atoms with Crippen molar-refractivity contribution in [2.45, 2.75) is 18.6 Å². The molecule has 1 saturated heterocycles. The molecule has 0 aromatic heterocycles.